The average molecular weight is 373 g/mol. The molecule has 88 valence electrons. The maximum atomic E-state index is 11.3. The third kappa shape index (κ3) is 4.11. The Balaban J connectivity index is 2.96. The molecule has 0 amide bonds. The SMILES string of the molecule is O=C(O)CS(=O)(=O)Nc1cc(Br)ccc1Br. The van der Waals surface area contributed by atoms with Gasteiger partial charge in [-0.2, -0.15) is 0 Å². The fourth-order valence-electron chi connectivity index (χ4n) is 0.942. The molecule has 0 aromatic heterocycles. The van der Waals surface area contributed by atoms with Gasteiger partial charge < -0.3 is 5.11 Å². The van der Waals surface area contributed by atoms with Gasteiger partial charge in [-0.3, -0.25) is 9.52 Å². The molecule has 0 atom stereocenters. The molecule has 1 rings (SSSR count). The fraction of sp³-hybridized carbons (Fsp3) is 0.125. The van der Waals surface area contributed by atoms with Gasteiger partial charge in [0.25, 0.3) is 0 Å². The van der Waals surface area contributed by atoms with Crippen LogP contribution in [0.2, 0.25) is 0 Å². The molecule has 0 aliphatic heterocycles. The van der Waals surface area contributed by atoms with Crippen LogP contribution in [0.15, 0.2) is 27.1 Å². The van der Waals surface area contributed by atoms with Gasteiger partial charge >= 0.3 is 5.97 Å². The van der Waals surface area contributed by atoms with E-state index in [9.17, 15) is 13.2 Å². The Bertz CT molecular complexity index is 515. The lowest BCUT2D eigenvalue weighted by atomic mass is 10.3. The predicted molar refractivity (Wildman–Crippen MR) is 66.9 cm³/mol. The highest BCUT2D eigenvalue weighted by molar-refractivity contribution is 9.11. The number of carboxylic acids is 1. The van der Waals surface area contributed by atoms with Crippen molar-refractivity contribution in [3.8, 4) is 0 Å². The molecular weight excluding hydrogens is 366 g/mol. The van der Waals surface area contributed by atoms with Crippen LogP contribution in [0.4, 0.5) is 5.69 Å². The molecule has 5 nitrogen and oxygen atoms in total. The minimum atomic E-state index is -3.87. The number of halogens is 2. The largest absolute Gasteiger partial charge is 0.480 e. The van der Waals surface area contributed by atoms with Crippen LogP contribution < -0.4 is 4.72 Å². The first-order valence-electron chi connectivity index (χ1n) is 3.97. The number of benzene rings is 1. The summed E-state index contributed by atoms with van der Waals surface area (Å²) in [6, 6.07) is 4.89. The molecule has 8 heteroatoms. The zero-order valence-electron chi connectivity index (χ0n) is 7.78. The number of anilines is 1. The monoisotopic (exact) mass is 371 g/mol. The number of sulfonamides is 1. The van der Waals surface area contributed by atoms with Crippen molar-refractivity contribution in [2.75, 3.05) is 10.5 Å². The predicted octanol–water partition coefficient (Wildman–Crippen LogP) is 2.04. The summed E-state index contributed by atoms with van der Waals surface area (Å²) in [5.41, 5.74) is 0.288. The first-order valence-corrected chi connectivity index (χ1v) is 7.21. The molecule has 16 heavy (non-hydrogen) atoms. The number of rotatable bonds is 4. The van der Waals surface area contributed by atoms with E-state index in [4.69, 9.17) is 5.11 Å². The average Bonchev–Trinajstić information content (AvgIpc) is 2.08. The Kier molecular flexibility index (Phi) is 4.34. The minimum Gasteiger partial charge on any atom is -0.480 e. The zero-order valence-corrected chi connectivity index (χ0v) is 11.8. The highest BCUT2D eigenvalue weighted by Crippen LogP contribution is 2.26. The van der Waals surface area contributed by atoms with Crippen LogP contribution >= 0.6 is 31.9 Å². The summed E-state index contributed by atoms with van der Waals surface area (Å²) in [6.45, 7) is 0. The molecule has 0 radical (unpaired) electrons. The van der Waals surface area contributed by atoms with Gasteiger partial charge in [-0.25, -0.2) is 8.42 Å². The van der Waals surface area contributed by atoms with Gasteiger partial charge in [-0.1, -0.05) is 15.9 Å². The zero-order chi connectivity index (χ0) is 12.3. The van der Waals surface area contributed by atoms with E-state index in [1.54, 1.807) is 12.1 Å². The Hall–Kier alpha value is -0.600. The number of aliphatic carboxylic acids is 1. The van der Waals surface area contributed by atoms with Crippen molar-refractivity contribution < 1.29 is 18.3 Å². The van der Waals surface area contributed by atoms with E-state index in [1.807, 2.05) is 0 Å². The lowest BCUT2D eigenvalue weighted by Gasteiger charge is -2.08. The van der Waals surface area contributed by atoms with Crippen LogP contribution in [0.5, 0.6) is 0 Å². The van der Waals surface area contributed by atoms with Crippen molar-refractivity contribution in [2.45, 2.75) is 0 Å². The molecule has 0 spiro atoms. The van der Waals surface area contributed by atoms with Crippen LogP contribution in [0.1, 0.15) is 0 Å². The summed E-state index contributed by atoms with van der Waals surface area (Å²) in [7, 11) is -3.87. The summed E-state index contributed by atoms with van der Waals surface area (Å²) < 4.78 is 26.1. The number of carboxylic acid groups (broad SMARTS) is 1. The molecule has 0 unspecified atom stereocenters. The van der Waals surface area contributed by atoms with Gasteiger partial charge in [0.05, 0.1) is 5.69 Å². The van der Waals surface area contributed by atoms with Crippen molar-refractivity contribution in [3.63, 3.8) is 0 Å². The molecule has 0 fully saturated rings. The Morgan fingerprint density at radius 1 is 1.38 bits per heavy atom. The number of carbonyl (C=O) groups is 1. The van der Waals surface area contributed by atoms with E-state index in [-0.39, 0.29) is 5.69 Å². The molecular formula is C8H7Br2NO4S. The van der Waals surface area contributed by atoms with Crippen molar-refractivity contribution in [1.29, 1.82) is 0 Å². The lowest BCUT2D eigenvalue weighted by Crippen LogP contribution is -2.22. The number of hydrogen-bond acceptors (Lipinski definition) is 3. The summed E-state index contributed by atoms with van der Waals surface area (Å²) in [4.78, 5) is 10.3. The summed E-state index contributed by atoms with van der Waals surface area (Å²) in [5, 5.41) is 8.41. The van der Waals surface area contributed by atoms with Gasteiger partial charge in [0.2, 0.25) is 10.0 Å². The van der Waals surface area contributed by atoms with Gasteiger partial charge in [0, 0.05) is 8.95 Å². The number of nitrogens with one attached hydrogen (secondary N) is 1. The maximum absolute atomic E-state index is 11.3. The summed E-state index contributed by atoms with van der Waals surface area (Å²) in [5.74, 6) is -2.37. The van der Waals surface area contributed by atoms with E-state index < -0.39 is 21.7 Å². The Labute approximate surface area is 109 Å². The lowest BCUT2D eigenvalue weighted by molar-refractivity contribution is -0.134. The topological polar surface area (TPSA) is 83.5 Å². The highest BCUT2D eigenvalue weighted by atomic mass is 79.9. The Morgan fingerprint density at radius 2 is 2.00 bits per heavy atom. The second-order valence-electron chi connectivity index (χ2n) is 2.88. The van der Waals surface area contributed by atoms with Crippen molar-refractivity contribution in [3.05, 3.63) is 27.1 Å². The van der Waals surface area contributed by atoms with E-state index in [0.29, 0.717) is 8.95 Å². The first kappa shape index (κ1) is 13.5. The first-order chi connectivity index (χ1) is 7.30. The molecule has 1 aromatic carbocycles. The van der Waals surface area contributed by atoms with Crippen molar-refractivity contribution in [1.82, 2.24) is 0 Å². The van der Waals surface area contributed by atoms with E-state index >= 15 is 0 Å². The highest BCUT2D eigenvalue weighted by Gasteiger charge is 2.16. The van der Waals surface area contributed by atoms with Gasteiger partial charge in [0.1, 0.15) is 0 Å². The van der Waals surface area contributed by atoms with Crippen LogP contribution in [0.25, 0.3) is 0 Å². The second-order valence-corrected chi connectivity index (χ2v) is 6.37. The molecule has 0 saturated heterocycles. The maximum Gasteiger partial charge on any atom is 0.320 e. The smallest absolute Gasteiger partial charge is 0.320 e. The van der Waals surface area contributed by atoms with Gasteiger partial charge in [-0.05, 0) is 34.1 Å². The van der Waals surface area contributed by atoms with Crippen LogP contribution in [-0.4, -0.2) is 25.2 Å². The fourth-order valence-corrected chi connectivity index (χ4v) is 2.68. The van der Waals surface area contributed by atoms with Gasteiger partial charge in [0.15, 0.2) is 5.75 Å². The molecule has 0 saturated carbocycles. The summed E-state index contributed by atoms with van der Waals surface area (Å²) >= 11 is 6.34. The van der Waals surface area contributed by atoms with Gasteiger partial charge in [-0.15, -0.1) is 0 Å². The van der Waals surface area contributed by atoms with E-state index in [1.165, 1.54) is 6.07 Å². The Morgan fingerprint density at radius 3 is 2.56 bits per heavy atom. The number of hydrogen-bond donors (Lipinski definition) is 2. The van der Waals surface area contributed by atoms with E-state index in [2.05, 4.69) is 36.6 Å². The minimum absolute atomic E-state index is 0.288. The third-order valence-electron chi connectivity index (χ3n) is 1.51. The van der Waals surface area contributed by atoms with Crippen molar-refractivity contribution in [2.24, 2.45) is 0 Å². The quantitative estimate of drug-likeness (QED) is 0.847. The third-order valence-corrected chi connectivity index (χ3v) is 3.85. The van der Waals surface area contributed by atoms with Crippen LogP contribution in [-0.2, 0) is 14.8 Å². The summed E-state index contributed by atoms with van der Waals surface area (Å²) in [6.07, 6.45) is 0. The molecule has 0 aliphatic carbocycles. The molecule has 1 aromatic rings. The molecule has 0 heterocycles. The molecule has 0 aliphatic rings. The molecule has 2 N–H and O–H groups in total. The standard InChI is InChI=1S/C8H7Br2NO4S/c9-5-1-2-6(10)7(3-5)11-16(14,15)4-8(12)13/h1-3,11H,4H2,(H,12,13). The van der Waals surface area contributed by atoms with Crippen molar-refractivity contribution >= 4 is 53.5 Å². The second kappa shape index (κ2) is 5.15. The van der Waals surface area contributed by atoms with Crippen LogP contribution in [0.3, 0.4) is 0 Å². The van der Waals surface area contributed by atoms with E-state index in [0.717, 1.165) is 0 Å². The normalized spacial score (nSPS) is 11.1. The molecule has 0 bridgehead atoms. The van der Waals surface area contributed by atoms with Crippen LogP contribution in [0, 0.1) is 0 Å².